The molecule has 1 N–H and O–H groups in total. The molecule has 1 unspecified atom stereocenters. The summed E-state index contributed by atoms with van der Waals surface area (Å²) >= 11 is 5.96. The molecule has 1 aromatic rings. The highest BCUT2D eigenvalue weighted by Crippen LogP contribution is 2.16. The lowest BCUT2D eigenvalue weighted by atomic mass is 10.2. The number of halogens is 1. The van der Waals surface area contributed by atoms with Crippen LogP contribution in [-0.2, 0) is 11.3 Å². The zero-order valence-electron chi connectivity index (χ0n) is 13.0. The van der Waals surface area contributed by atoms with Crippen molar-refractivity contribution < 1.29 is 9.59 Å². The summed E-state index contributed by atoms with van der Waals surface area (Å²) in [5.41, 5.74) is 0.992. The number of nitrogens with zero attached hydrogens (tertiary/aromatic N) is 2. The van der Waals surface area contributed by atoms with E-state index in [4.69, 9.17) is 11.6 Å². The standard InChI is InChI=1S/C16H22ClN3O2/c1-3-12(2)18-15(21)11-20-8-7-19(16(20)22)10-13-5-4-6-14(17)9-13/h4-6,9,12H,3,7-8,10-11H2,1-2H3,(H,18,21). The fourth-order valence-electron chi connectivity index (χ4n) is 2.38. The van der Waals surface area contributed by atoms with E-state index in [0.717, 1.165) is 12.0 Å². The van der Waals surface area contributed by atoms with E-state index in [2.05, 4.69) is 5.32 Å². The first-order chi connectivity index (χ1) is 10.5. The molecule has 22 heavy (non-hydrogen) atoms. The van der Waals surface area contributed by atoms with Crippen molar-refractivity contribution in [3.63, 3.8) is 0 Å². The van der Waals surface area contributed by atoms with Gasteiger partial charge in [0.05, 0.1) is 0 Å². The van der Waals surface area contributed by atoms with Gasteiger partial charge in [0.25, 0.3) is 0 Å². The first-order valence-corrected chi connectivity index (χ1v) is 7.95. The summed E-state index contributed by atoms with van der Waals surface area (Å²) < 4.78 is 0. The smallest absolute Gasteiger partial charge is 0.320 e. The SMILES string of the molecule is CCC(C)NC(=O)CN1CCN(Cc2cccc(Cl)c2)C1=O. The van der Waals surface area contributed by atoms with Gasteiger partial charge in [-0.2, -0.15) is 0 Å². The Bertz CT molecular complexity index is 550. The maximum absolute atomic E-state index is 12.3. The number of amides is 3. The molecule has 3 amide bonds. The monoisotopic (exact) mass is 323 g/mol. The average molecular weight is 324 g/mol. The molecule has 1 saturated heterocycles. The van der Waals surface area contributed by atoms with Crippen LogP contribution in [0.4, 0.5) is 4.79 Å². The molecule has 120 valence electrons. The lowest BCUT2D eigenvalue weighted by molar-refractivity contribution is -0.122. The van der Waals surface area contributed by atoms with Crippen LogP contribution in [0.2, 0.25) is 5.02 Å². The Kier molecular flexibility index (Phi) is 5.66. The van der Waals surface area contributed by atoms with Crippen LogP contribution < -0.4 is 5.32 Å². The van der Waals surface area contributed by atoms with Crippen molar-refractivity contribution in [3.8, 4) is 0 Å². The number of hydrogen-bond acceptors (Lipinski definition) is 2. The van der Waals surface area contributed by atoms with Crippen LogP contribution in [0, 0.1) is 0 Å². The second-order valence-corrected chi connectivity index (χ2v) is 6.07. The van der Waals surface area contributed by atoms with E-state index < -0.39 is 0 Å². The molecule has 0 aromatic heterocycles. The number of benzene rings is 1. The van der Waals surface area contributed by atoms with Crippen molar-refractivity contribution in [1.29, 1.82) is 0 Å². The summed E-state index contributed by atoms with van der Waals surface area (Å²) in [5.74, 6) is -0.104. The van der Waals surface area contributed by atoms with Crippen LogP contribution in [0.15, 0.2) is 24.3 Å². The molecule has 0 saturated carbocycles. The van der Waals surface area contributed by atoms with E-state index in [-0.39, 0.29) is 24.5 Å². The van der Waals surface area contributed by atoms with Crippen LogP contribution in [0.5, 0.6) is 0 Å². The minimum absolute atomic E-state index is 0.0979. The van der Waals surface area contributed by atoms with Gasteiger partial charge in [-0.05, 0) is 31.0 Å². The van der Waals surface area contributed by atoms with Gasteiger partial charge >= 0.3 is 6.03 Å². The summed E-state index contributed by atoms with van der Waals surface area (Å²) in [4.78, 5) is 27.5. The van der Waals surface area contributed by atoms with Gasteiger partial charge in [0.15, 0.2) is 0 Å². The van der Waals surface area contributed by atoms with E-state index in [1.54, 1.807) is 9.80 Å². The third-order valence-corrected chi connectivity index (χ3v) is 4.03. The van der Waals surface area contributed by atoms with Gasteiger partial charge in [-0.15, -0.1) is 0 Å². The fourth-order valence-corrected chi connectivity index (χ4v) is 2.59. The minimum Gasteiger partial charge on any atom is -0.352 e. The van der Waals surface area contributed by atoms with Gasteiger partial charge in [0.1, 0.15) is 6.54 Å². The highest BCUT2D eigenvalue weighted by molar-refractivity contribution is 6.30. The maximum atomic E-state index is 12.3. The summed E-state index contributed by atoms with van der Waals surface area (Å²) in [7, 11) is 0. The Balaban J connectivity index is 1.88. The molecule has 1 aliphatic heterocycles. The van der Waals surface area contributed by atoms with Gasteiger partial charge in [0, 0.05) is 30.7 Å². The number of urea groups is 1. The Hall–Kier alpha value is -1.75. The molecular weight excluding hydrogens is 302 g/mol. The predicted molar refractivity (Wildman–Crippen MR) is 86.7 cm³/mol. The number of rotatable bonds is 6. The minimum atomic E-state index is -0.104. The largest absolute Gasteiger partial charge is 0.352 e. The molecule has 0 spiro atoms. The molecule has 1 atom stereocenters. The van der Waals surface area contributed by atoms with Crippen LogP contribution >= 0.6 is 11.6 Å². The van der Waals surface area contributed by atoms with Crippen LogP contribution in [-0.4, -0.2) is 47.4 Å². The van der Waals surface area contributed by atoms with Crippen LogP contribution in [0.1, 0.15) is 25.8 Å². The Morgan fingerprint density at radius 1 is 1.36 bits per heavy atom. The molecule has 1 heterocycles. The highest BCUT2D eigenvalue weighted by Gasteiger charge is 2.29. The maximum Gasteiger partial charge on any atom is 0.320 e. The summed E-state index contributed by atoms with van der Waals surface area (Å²) in [5, 5.41) is 3.54. The second-order valence-electron chi connectivity index (χ2n) is 5.63. The second kappa shape index (κ2) is 7.49. The Morgan fingerprint density at radius 2 is 2.09 bits per heavy atom. The molecule has 5 nitrogen and oxygen atoms in total. The molecule has 1 fully saturated rings. The van der Waals surface area contributed by atoms with Gasteiger partial charge in [-0.25, -0.2) is 4.79 Å². The van der Waals surface area contributed by atoms with E-state index in [9.17, 15) is 9.59 Å². The van der Waals surface area contributed by atoms with Gasteiger partial charge < -0.3 is 15.1 Å². The van der Waals surface area contributed by atoms with E-state index in [1.807, 2.05) is 38.1 Å². The highest BCUT2D eigenvalue weighted by atomic mass is 35.5. The molecule has 0 aliphatic carbocycles. The lowest BCUT2D eigenvalue weighted by Gasteiger charge is -2.19. The predicted octanol–water partition coefficient (Wildman–Crippen LogP) is 2.49. The van der Waals surface area contributed by atoms with Crippen molar-refractivity contribution in [2.24, 2.45) is 0 Å². The summed E-state index contributed by atoms with van der Waals surface area (Å²) in [6.07, 6.45) is 0.876. The van der Waals surface area contributed by atoms with Crippen molar-refractivity contribution in [1.82, 2.24) is 15.1 Å². The van der Waals surface area contributed by atoms with Crippen LogP contribution in [0.25, 0.3) is 0 Å². The van der Waals surface area contributed by atoms with E-state index in [0.29, 0.717) is 24.7 Å². The topological polar surface area (TPSA) is 52.7 Å². The molecule has 0 radical (unpaired) electrons. The number of carbonyl (C=O) groups excluding carboxylic acids is 2. The van der Waals surface area contributed by atoms with Crippen molar-refractivity contribution >= 4 is 23.5 Å². The first-order valence-electron chi connectivity index (χ1n) is 7.57. The Morgan fingerprint density at radius 3 is 2.77 bits per heavy atom. The van der Waals surface area contributed by atoms with Crippen molar-refractivity contribution in [3.05, 3.63) is 34.9 Å². The normalized spacial score (nSPS) is 16.0. The number of hydrogen-bond donors (Lipinski definition) is 1. The summed E-state index contributed by atoms with van der Waals surface area (Å²) in [6, 6.07) is 7.51. The first kappa shape index (κ1) is 16.6. The van der Waals surface area contributed by atoms with Gasteiger partial charge in [-0.1, -0.05) is 30.7 Å². The third-order valence-electron chi connectivity index (χ3n) is 3.80. The zero-order chi connectivity index (χ0) is 16.1. The molecule has 0 bridgehead atoms. The lowest BCUT2D eigenvalue weighted by Crippen LogP contribution is -2.42. The van der Waals surface area contributed by atoms with Gasteiger partial charge in [-0.3, -0.25) is 4.79 Å². The quantitative estimate of drug-likeness (QED) is 0.874. The average Bonchev–Trinajstić information content (AvgIpc) is 2.80. The molecule has 1 aliphatic rings. The summed E-state index contributed by atoms with van der Waals surface area (Å²) in [6.45, 7) is 5.81. The number of nitrogens with one attached hydrogen (secondary N) is 1. The van der Waals surface area contributed by atoms with E-state index >= 15 is 0 Å². The van der Waals surface area contributed by atoms with Crippen molar-refractivity contribution in [2.75, 3.05) is 19.6 Å². The third kappa shape index (κ3) is 4.37. The number of carbonyl (C=O) groups is 2. The molecule has 6 heteroatoms. The van der Waals surface area contributed by atoms with Crippen LogP contribution in [0.3, 0.4) is 0 Å². The van der Waals surface area contributed by atoms with E-state index in [1.165, 1.54) is 0 Å². The van der Waals surface area contributed by atoms with Gasteiger partial charge in [0.2, 0.25) is 5.91 Å². The molecule has 2 rings (SSSR count). The van der Waals surface area contributed by atoms with Crippen molar-refractivity contribution in [2.45, 2.75) is 32.9 Å². The zero-order valence-corrected chi connectivity index (χ0v) is 13.8. The Labute approximate surface area is 136 Å². The molecular formula is C16H22ClN3O2. The fraction of sp³-hybridized carbons (Fsp3) is 0.500. The molecule has 1 aromatic carbocycles.